The Morgan fingerprint density at radius 2 is 1.81 bits per heavy atom. The minimum atomic E-state index is -0.720. The Kier molecular flexibility index (Phi) is 5.10. The molecule has 3 nitrogen and oxygen atoms in total. The Labute approximate surface area is 133 Å². The Bertz CT molecular complexity index is 644. The Hall–Kier alpha value is -1.71. The van der Waals surface area contributed by atoms with Crippen molar-refractivity contribution in [3.05, 3.63) is 58.1 Å². The van der Waals surface area contributed by atoms with Gasteiger partial charge in [0.2, 0.25) is 0 Å². The van der Waals surface area contributed by atoms with Crippen molar-refractivity contribution < 1.29 is 9.53 Å². The third-order valence-corrected chi connectivity index (χ3v) is 3.71. The quantitative estimate of drug-likeness (QED) is 0.885. The Morgan fingerprint density at radius 3 is 2.48 bits per heavy atom. The lowest BCUT2D eigenvalue weighted by molar-refractivity contribution is -0.122. The maximum absolute atomic E-state index is 12.1. The van der Waals surface area contributed by atoms with E-state index in [2.05, 4.69) is 5.32 Å². The predicted octanol–water partition coefficient (Wildman–Crippen LogP) is 4.71. The molecule has 0 aliphatic rings. The van der Waals surface area contributed by atoms with E-state index in [1.165, 1.54) is 0 Å². The van der Waals surface area contributed by atoms with Crippen LogP contribution in [0.4, 0.5) is 5.69 Å². The molecule has 1 N–H and O–H groups in total. The first-order valence-corrected chi connectivity index (χ1v) is 7.22. The fraction of sp³-hybridized carbons (Fsp3) is 0.188. The number of para-hydroxylation sites is 1. The second-order valence-corrected chi connectivity index (χ2v) is 5.41. The number of halogens is 2. The number of ether oxygens (including phenoxy) is 1. The van der Waals surface area contributed by atoms with Crippen molar-refractivity contribution in [3.8, 4) is 5.75 Å². The average Bonchev–Trinajstić information content (AvgIpc) is 2.48. The zero-order chi connectivity index (χ0) is 15.4. The molecule has 110 valence electrons. The molecule has 0 bridgehead atoms. The van der Waals surface area contributed by atoms with Gasteiger partial charge < -0.3 is 10.1 Å². The Balaban J connectivity index is 2.10. The second-order valence-electron chi connectivity index (χ2n) is 4.62. The molecule has 0 heterocycles. The molecule has 0 aromatic heterocycles. The van der Waals surface area contributed by atoms with Gasteiger partial charge in [-0.1, -0.05) is 47.5 Å². The summed E-state index contributed by atoms with van der Waals surface area (Å²) >= 11 is 12.2. The molecule has 5 heteroatoms. The van der Waals surface area contributed by atoms with E-state index in [0.29, 0.717) is 21.5 Å². The molecule has 0 saturated carbocycles. The lowest BCUT2D eigenvalue weighted by atomic mass is 10.2. The summed E-state index contributed by atoms with van der Waals surface area (Å²) in [6, 6.07) is 12.7. The number of benzene rings is 2. The van der Waals surface area contributed by atoms with Crippen LogP contribution in [0.2, 0.25) is 10.0 Å². The molecule has 1 unspecified atom stereocenters. The van der Waals surface area contributed by atoms with Gasteiger partial charge in [-0.3, -0.25) is 4.79 Å². The van der Waals surface area contributed by atoms with E-state index in [0.717, 1.165) is 5.56 Å². The fourth-order valence-corrected chi connectivity index (χ4v) is 2.19. The van der Waals surface area contributed by atoms with Crippen molar-refractivity contribution in [2.75, 3.05) is 5.32 Å². The molecule has 0 fully saturated rings. The maximum atomic E-state index is 12.1. The zero-order valence-electron chi connectivity index (χ0n) is 11.7. The number of aryl methyl sites for hydroxylation is 1. The van der Waals surface area contributed by atoms with Gasteiger partial charge in [0.05, 0.1) is 10.0 Å². The molecule has 21 heavy (non-hydrogen) atoms. The highest BCUT2D eigenvalue weighted by atomic mass is 35.5. The summed E-state index contributed by atoms with van der Waals surface area (Å²) in [5, 5.41) is 3.56. The number of amides is 1. The molecule has 0 saturated heterocycles. The smallest absolute Gasteiger partial charge is 0.265 e. The third-order valence-electron chi connectivity index (χ3n) is 2.95. The van der Waals surface area contributed by atoms with Crippen LogP contribution in [0.25, 0.3) is 0 Å². The molecular formula is C16H15Cl2NO2. The topological polar surface area (TPSA) is 38.3 Å². The normalized spacial score (nSPS) is 11.8. The van der Waals surface area contributed by atoms with Gasteiger partial charge in [0.25, 0.3) is 5.91 Å². The summed E-state index contributed by atoms with van der Waals surface area (Å²) in [7, 11) is 0. The first kappa shape index (κ1) is 15.7. The van der Waals surface area contributed by atoms with Crippen LogP contribution in [0.5, 0.6) is 5.75 Å². The third kappa shape index (κ3) is 3.90. The van der Waals surface area contributed by atoms with Crippen molar-refractivity contribution in [1.29, 1.82) is 0 Å². The summed E-state index contributed by atoms with van der Waals surface area (Å²) < 4.78 is 5.61. The zero-order valence-corrected chi connectivity index (χ0v) is 13.2. The van der Waals surface area contributed by atoms with Crippen LogP contribution in [0.15, 0.2) is 42.5 Å². The number of hydrogen-bond acceptors (Lipinski definition) is 2. The van der Waals surface area contributed by atoms with Gasteiger partial charge in [0.15, 0.2) is 11.9 Å². The number of rotatable bonds is 4. The number of anilines is 1. The van der Waals surface area contributed by atoms with Crippen molar-refractivity contribution in [1.82, 2.24) is 0 Å². The van der Waals surface area contributed by atoms with Crippen molar-refractivity contribution in [2.24, 2.45) is 0 Å². The van der Waals surface area contributed by atoms with Gasteiger partial charge in [-0.05, 0) is 37.6 Å². The minimum Gasteiger partial charge on any atom is -0.478 e. The highest BCUT2D eigenvalue weighted by Gasteiger charge is 2.19. The van der Waals surface area contributed by atoms with Gasteiger partial charge in [-0.15, -0.1) is 0 Å². The van der Waals surface area contributed by atoms with Crippen molar-refractivity contribution in [2.45, 2.75) is 20.0 Å². The summed E-state index contributed by atoms with van der Waals surface area (Å²) in [5.74, 6) is 0.0592. The van der Waals surface area contributed by atoms with E-state index in [1.807, 2.05) is 25.1 Å². The molecule has 0 aliphatic heterocycles. The van der Waals surface area contributed by atoms with Gasteiger partial charge in [0.1, 0.15) is 0 Å². The first-order chi connectivity index (χ1) is 9.99. The van der Waals surface area contributed by atoms with Crippen LogP contribution in [-0.4, -0.2) is 12.0 Å². The second kappa shape index (κ2) is 6.83. The van der Waals surface area contributed by atoms with Crippen molar-refractivity contribution >= 4 is 34.8 Å². The van der Waals surface area contributed by atoms with Gasteiger partial charge in [0, 0.05) is 5.69 Å². The number of hydrogen-bond donors (Lipinski definition) is 1. The lowest BCUT2D eigenvalue weighted by Gasteiger charge is -2.17. The van der Waals surface area contributed by atoms with Gasteiger partial charge in [-0.2, -0.15) is 0 Å². The van der Waals surface area contributed by atoms with Gasteiger partial charge in [-0.25, -0.2) is 0 Å². The SMILES string of the molecule is Cc1ccc(Cl)c(OC(C)C(=O)Nc2ccccc2)c1Cl. The predicted molar refractivity (Wildman–Crippen MR) is 86.4 cm³/mol. The summed E-state index contributed by atoms with van der Waals surface area (Å²) in [4.78, 5) is 12.1. The molecule has 0 aliphatic carbocycles. The molecule has 0 spiro atoms. The highest BCUT2D eigenvalue weighted by molar-refractivity contribution is 6.37. The van der Waals surface area contributed by atoms with E-state index in [9.17, 15) is 4.79 Å². The van der Waals surface area contributed by atoms with Crippen LogP contribution >= 0.6 is 23.2 Å². The molecule has 1 atom stereocenters. The average molecular weight is 324 g/mol. The van der Waals surface area contributed by atoms with Crippen LogP contribution in [0.3, 0.4) is 0 Å². The van der Waals surface area contributed by atoms with Gasteiger partial charge >= 0.3 is 0 Å². The standard InChI is InChI=1S/C16H15Cl2NO2/c1-10-8-9-13(17)15(14(10)18)21-11(2)16(20)19-12-6-4-3-5-7-12/h3-9,11H,1-2H3,(H,19,20). The molecule has 2 rings (SSSR count). The van der Waals surface area contributed by atoms with E-state index in [4.69, 9.17) is 27.9 Å². The highest BCUT2D eigenvalue weighted by Crippen LogP contribution is 2.35. The molecule has 2 aromatic rings. The monoisotopic (exact) mass is 323 g/mol. The van der Waals surface area contributed by atoms with Crippen LogP contribution in [0.1, 0.15) is 12.5 Å². The number of nitrogens with one attached hydrogen (secondary N) is 1. The van der Waals surface area contributed by atoms with E-state index < -0.39 is 6.10 Å². The lowest BCUT2D eigenvalue weighted by Crippen LogP contribution is -2.30. The molecular weight excluding hydrogens is 309 g/mol. The summed E-state index contributed by atoms with van der Waals surface area (Å²) in [6.45, 7) is 3.49. The summed E-state index contributed by atoms with van der Waals surface area (Å²) in [6.07, 6.45) is -0.720. The number of carbonyl (C=O) groups is 1. The van der Waals surface area contributed by atoms with E-state index >= 15 is 0 Å². The molecule has 1 amide bonds. The Morgan fingerprint density at radius 1 is 1.14 bits per heavy atom. The fourth-order valence-electron chi connectivity index (χ4n) is 1.73. The van der Waals surface area contributed by atoms with Crippen molar-refractivity contribution in [3.63, 3.8) is 0 Å². The maximum Gasteiger partial charge on any atom is 0.265 e. The van der Waals surface area contributed by atoms with E-state index in [1.54, 1.807) is 31.2 Å². The largest absolute Gasteiger partial charge is 0.478 e. The van der Waals surface area contributed by atoms with Crippen LogP contribution < -0.4 is 10.1 Å². The van der Waals surface area contributed by atoms with Crippen LogP contribution in [0, 0.1) is 6.92 Å². The minimum absolute atomic E-state index is 0.269. The molecule has 0 radical (unpaired) electrons. The molecule has 2 aromatic carbocycles. The number of carbonyl (C=O) groups excluding carboxylic acids is 1. The summed E-state index contributed by atoms with van der Waals surface area (Å²) in [5.41, 5.74) is 1.55. The van der Waals surface area contributed by atoms with Crippen LogP contribution in [-0.2, 0) is 4.79 Å². The first-order valence-electron chi connectivity index (χ1n) is 6.46. The van der Waals surface area contributed by atoms with E-state index in [-0.39, 0.29) is 5.91 Å².